The highest BCUT2D eigenvalue weighted by Crippen LogP contribution is 2.36. The largest absolute Gasteiger partial charge is 0.493 e. The molecular weight excluding hydrogens is 350 g/mol. The lowest BCUT2D eigenvalue weighted by Gasteiger charge is -2.11. The Balaban J connectivity index is 1.88. The SMILES string of the molecule is C#CCOc1ccc(/C=C2\SC(=O)N(c3ccccc3)C2=O)cc1OC. The predicted molar refractivity (Wildman–Crippen MR) is 102 cm³/mol. The molecule has 2 aromatic carbocycles. The Morgan fingerprint density at radius 2 is 1.92 bits per heavy atom. The minimum absolute atomic E-state index is 0.131. The second-order valence-corrected chi connectivity index (χ2v) is 6.25. The van der Waals surface area contributed by atoms with Crippen LogP contribution in [0.2, 0.25) is 0 Å². The minimum Gasteiger partial charge on any atom is -0.493 e. The lowest BCUT2D eigenvalue weighted by Crippen LogP contribution is -2.27. The number of benzene rings is 2. The number of thioether (sulfide) groups is 1. The van der Waals surface area contributed by atoms with Crippen molar-refractivity contribution in [2.75, 3.05) is 18.6 Å². The molecular formula is C20H15NO4S. The van der Waals surface area contributed by atoms with E-state index in [4.69, 9.17) is 15.9 Å². The van der Waals surface area contributed by atoms with Crippen molar-refractivity contribution in [1.82, 2.24) is 0 Å². The van der Waals surface area contributed by atoms with Crippen LogP contribution < -0.4 is 14.4 Å². The first-order valence-corrected chi connectivity index (χ1v) is 8.53. The molecule has 3 rings (SSSR count). The van der Waals surface area contributed by atoms with Gasteiger partial charge >= 0.3 is 0 Å². The number of terminal acetylenes is 1. The zero-order chi connectivity index (χ0) is 18.5. The quantitative estimate of drug-likeness (QED) is 0.593. The summed E-state index contributed by atoms with van der Waals surface area (Å²) in [6.45, 7) is 0.131. The van der Waals surface area contributed by atoms with Gasteiger partial charge in [0.2, 0.25) is 0 Å². The summed E-state index contributed by atoms with van der Waals surface area (Å²) in [5.41, 5.74) is 1.27. The first-order valence-electron chi connectivity index (χ1n) is 7.71. The average Bonchev–Trinajstić information content (AvgIpc) is 2.94. The van der Waals surface area contributed by atoms with Crippen LogP contribution in [0.25, 0.3) is 6.08 Å². The van der Waals surface area contributed by atoms with Gasteiger partial charge < -0.3 is 9.47 Å². The van der Waals surface area contributed by atoms with Crippen LogP contribution in [0.3, 0.4) is 0 Å². The molecule has 0 N–H and O–H groups in total. The van der Waals surface area contributed by atoms with Crippen molar-refractivity contribution in [3.8, 4) is 23.8 Å². The number of carbonyl (C=O) groups is 2. The number of carbonyl (C=O) groups excluding carboxylic acids is 2. The van der Waals surface area contributed by atoms with E-state index in [1.807, 2.05) is 6.07 Å². The van der Waals surface area contributed by atoms with Gasteiger partial charge in [0.05, 0.1) is 17.7 Å². The third-order valence-corrected chi connectivity index (χ3v) is 4.47. The molecule has 0 atom stereocenters. The smallest absolute Gasteiger partial charge is 0.298 e. The highest BCUT2D eigenvalue weighted by molar-refractivity contribution is 8.19. The average molecular weight is 365 g/mol. The van der Waals surface area contributed by atoms with E-state index in [-0.39, 0.29) is 17.8 Å². The fourth-order valence-electron chi connectivity index (χ4n) is 2.43. The van der Waals surface area contributed by atoms with Gasteiger partial charge in [0.15, 0.2) is 11.5 Å². The van der Waals surface area contributed by atoms with Gasteiger partial charge in [-0.3, -0.25) is 9.59 Å². The lowest BCUT2D eigenvalue weighted by atomic mass is 10.2. The molecule has 130 valence electrons. The molecule has 5 nitrogen and oxygen atoms in total. The normalized spacial score (nSPS) is 15.2. The standard InChI is InChI=1S/C20H15NO4S/c1-3-11-25-16-10-9-14(12-17(16)24-2)13-18-19(22)21(20(23)26-18)15-7-5-4-6-8-15/h1,4-10,12-13H,11H2,2H3/b18-13-. The molecule has 1 aliphatic heterocycles. The van der Waals surface area contributed by atoms with Gasteiger partial charge in [0, 0.05) is 0 Å². The van der Waals surface area contributed by atoms with Crippen LogP contribution in [-0.2, 0) is 4.79 Å². The summed E-state index contributed by atoms with van der Waals surface area (Å²) < 4.78 is 10.7. The topological polar surface area (TPSA) is 55.8 Å². The molecule has 26 heavy (non-hydrogen) atoms. The first kappa shape index (κ1) is 17.6. The molecule has 1 aliphatic rings. The van der Waals surface area contributed by atoms with Crippen LogP contribution in [0.4, 0.5) is 10.5 Å². The summed E-state index contributed by atoms with van der Waals surface area (Å²) in [5, 5.41) is -0.326. The number of amides is 2. The third kappa shape index (κ3) is 3.58. The molecule has 1 fully saturated rings. The summed E-state index contributed by atoms with van der Waals surface area (Å²) in [6, 6.07) is 14.0. The molecule has 0 spiro atoms. The van der Waals surface area contributed by atoms with E-state index in [0.29, 0.717) is 27.7 Å². The summed E-state index contributed by atoms with van der Waals surface area (Å²) >= 11 is 0.903. The molecule has 0 radical (unpaired) electrons. The Bertz CT molecular complexity index is 915. The van der Waals surface area contributed by atoms with Gasteiger partial charge in [-0.25, -0.2) is 4.90 Å². The van der Waals surface area contributed by atoms with Crippen molar-refractivity contribution in [2.24, 2.45) is 0 Å². The zero-order valence-corrected chi connectivity index (χ0v) is 14.8. The van der Waals surface area contributed by atoms with Crippen LogP contribution in [-0.4, -0.2) is 24.9 Å². The Hall–Kier alpha value is -3.17. The molecule has 2 amide bonds. The first-order chi connectivity index (χ1) is 12.6. The maximum atomic E-state index is 12.6. The number of rotatable bonds is 5. The van der Waals surface area contributed by atoms with Gasteiger partial charge in [0.25, 0.3) is 11.1 Å². The molecule has 2 aromatic rings. The fourth-order valence-corrected chi connectivity index (χ4v) is 3.27. The number of ether oxygens (including phenoxy) is 2. The highest BCUT2D eigenvalue weighted by atomic mass is 32.2. The van der Waals surface area contributed by atoms with Crippen LogP contribution in [0.5, 0.6) is 11.5 Å². The van der Waals surface area contributed by atoms with E-state index in [1.165, 1.54) is 7.11 Å². The Morgan fingerprint density at radius 1 is 1.15 bits per heavy atom. The molecule has 6 heteroatoms. The van der Waals surface area contributed by atoms with Crippen molar-refractivity contribution in [1.29, 1.82) is 0 Å². The third-order valence-electron chi connectivity index (χ3n) is 3.60. The number of para-hydroxylation sites is 1. The van der Waals surface area contributed by atoms with Crippen molar-refractivity contribution in [2.45, 2.75) is 0 Å². The van der Waals surface area contributed by atoms with E-state index in [1.54, 1.807) is 48.5 Å². The molecule has 0 aromatic heterocycles. The van der Waals surface area contributed by atoms with E-state index < -0.39 is 0 Å². The van der Waals surface area contributed by atoms with Crippen LogP contribution in [0.15, 0.2) is 53.4 Å². The van der Waals surface area contributed by atoms with Gasteiger partial charge in [-0.2, -0.15) is 0 Å². The number of anilines is 1. The highest BCUT2D eigenvalue weighted by Gasteiger charge is 2.36. The van der Waals surface area contributed by atoms with Crippen LogP contribution >= 0.6 is 11.8 Å². The molecule has 0 unspecified atom stereocenters. The molecule has 0 saturated carbocycles. The lowest BCUT2D eigenvalue weighted by molar-refractivity contribution is -0.113. The molecule has 1 saturated heterocycles. The Kier molecular flexibility index (Phi) is 5.30. The van der Waals surface area contributed by atoms with Crippen molar-refractivity contribution >= 4 is 34.7 Å². The number of methoxy groups -OCH3 is 1. The second kappa shape index (κ2) is 7.81. The van der Waals surface area contributed by atoms with Crippen LogP contribution in [0.1, 0.15) is 5.56 Å². The van der Waals surface area contributed by atoms with Gasteiger partial charge in [-0.1, -0.05) is 30.2 Å². The number of hydrogen-bond acceptors (Lipinski definition) is 5. The van der Waals surface area contributed by atoms with Crippen molar-refractivity contribution in [3.63, 3.8) is 0 Å². The molecule has 0 aliphatic carbocycles. The Labute approximate surface area is 155 Å². The number of nitrogens with zero attached hydrogens (tertiary/aromatic N) is 1. The monoisotopic (exact) mass is 365 g/mol. The van der Waals surface area contributed by atoms with Gasteiger partial charge in [0.1, 0.15) is 6.61 Å². The van der Waals surface area contributed by atoms with E-state index in [0.717, 1.165) is 16.7 Å². The molecule has 0 bridgehead atoms. The minimum atomic E-state index is -0.349. The second-order valence-electron chi connectivity index (χ2n) is 5.26. The predicted octanol–water partition coefficient (Wildman–Crippen LogP) is 3.95. The number of imide groups is 1. The summed E-state index contributed by atoms with van der Waals surface area (Å²) in [5.74, 6) is 3.05. The summed E-state index contributed by atoms with van der Waals surface area (Å²) in [4.78, 5) is 26.4. The fraction of sp³-hybridized carbons (Fsp3) is 0.100. The summed E-state index contributed by atoms with van der Waals surface area (Å²) in [7, 11) is 1.52. The maximum Gasteiger partial charge on any atom is 0.298 e. The van der Waals surface area contributed by atoms with E-state index in [2.05, 4.69) is 5.92 Å². The van der Waals surface area contributed by atoms with Gasteiger partial charge in [-0.05, 0) is 47.7 Å². The zero-order valence-electron chi connectivity index (χ0n) is 14.0. The Morgan fingerprint density at radius 3 is 2.62 bits per heavy atom. The van der Waals surface area contributed by atoms with E-state index in [9.17, 15) is 9.59 Å². The van der Waals surface area contributed by atoms with Crippen molar-refractivity contribution in [3.05, 3.63) is 59.0 Å². The molecule has 1 heterocycles. The maximum absolute atomic E-state index is 12.6. The van der Waals surface area contributed by atoms with Crippen molar-refractivity contribution < 1.29 is 19.1 Å². The summed E-state index contributed by atoms with van der Waals surface area (Å²) in [6.07, 6.45) is 6.85. The van der Waals surface area contributed by atoms with Crippen LogP contribution in [0, 0.1) is 12.3 Å². The van der Waals surface area contributed by atoms with E-state index >= 15 is 0 Å². The van der Waals surface area contributed by atoms with Gasteiger partial charge in [-0.15, -0.1) is 6.42 Å². The number of hydrogen-bond donors (Lipinski definition) is 0.